The van der Waals surface area contributed by atoms with E-state index in [0.717, 1.165) is 75.7 Å². The van der Waals surface area contributed by atoms with Crippen molar-refractivity contribution >= 4 is 11.9 Å². The number of allylic oxidation sites excluding steroid dienone is 2. The first-order valence-electron chi connectivity index (χ1n) is 15.9. The molecule has 2 aromatic rings. The monoisotopic (exact) mass is 592 g/mol. The molecule has 0 heterocycles. The Labute approximate surface area is 259 Å². The zero-order valence-electron chi connectivity index (χ0n) is 26.8. The molecule has 0 aliphatic carbocycles. The molecular formula is C37H52O6. The van der Waals surface area contributed by atoms with E-state index >= 15 is 0 Å². The summed E-state index contributed by atoms with van der Waals surface area (Å²) in [5.41, 5.74) is 2.33. The summed E-state index contributed by atoms with van der Waals surface area (Å²) in [5, 5.41) is 0. The second-order valence-corrected chi connectivity index (χ2v) is 11.2. The van der Waals surface area contributed by atoms with Crippen molar-refractivity contribution in [2.75, 3.05) is 26.4 Å². The predicted molar refractivity (Wildman–Crippen MR) is 174 cm³/mol. The lowest BCUT2D eigenvalue weighted by molar-refractivity contribution is -0.138. The molecule has 6 heteroatoms. The predicted octanol–water partition coefficient (Wildman–Crippen LogP) is 8.91. The Morgan fingerprint density at radius 3 is 1.21 bits per heavy atom. The van der Waals surface area contributed by atoms with E-state index in [-0.39, 0.29) is 17.4 Å². The Bertz CT molecular complexity index is 1010. The van der Waals surface area contributed by atoms with Crippen molar-refractivity contribution in [2.24, 2.45) is 0 Å². The number of rotatable bonds is 22. The lowest BCUT2D eigenvalue weighted by atomic mass is 9.78. The van der Waals surface area contributed by atoms with E-state index in [9.17, 15) is 9.59 Å². The van der Waals surface area contributed by atoms with E-state index in [1.807, 2.05) is 0 Å². The third-order valence-electron chi connectivity index (χ3n) is 7.36. The number of hydrogen-bond acceptors (Lipinski definition) is 6. The van der Waals surface area contributed by atoms with E-state index in [0.29, 0.717) is 26.4 Å². The number of unbranched alkanes of at least 4 members (excludes halogenated alkanes) is 8. The molecule has 0 bridgehead atoms. The van der Waals surface area contributed by atoms with Gasteiger partial charge < -0.3 is 18.9 Å². The third kappa shape index (κ3) is 15.0. The quantitative estimate of drug-likeness (QED) is 0.0772. The number of hydrogen-bond donors (Lipinski definition) is 0. The van der Waals surface area contributed by atoms with Crippen LogP contribution in [0, 0.1) is 0 Å². The van der Waals surface area contributed by atoms with Crippen molar-refractivity contribution in [1.29, 1.82) is 0 Å². The molecule has 236 valence electrons. The van der Waals surface area contributed by atoms with Gasteiger partial charge in [0, 0.05) is 17.6 Å². The van der Waals surface area contributed by atoms with Crippen LogP contribution in [-0.4, -0.2) is 38.4 Å². The maximum Gasteiger partial charge on any atom is 0.330 e. The number of carbonyl (C=O) groups excluding carboxylic acids is 2. The molecule has 0 aliphatic heterocycles. The fraction of sp³-hybridized carbons (Fsp3) is 0.514. The second-order valence-electron chi connectivity index (χ2n) is 11.2. The molecule has 0 unspecified atom stereocenters. The molecule has 2 rings (SSSR count). The van der Waals surface area contributed by atoms with E-state index in [2.05, 4.69) is 62.4 Å². The molecule has 2 aromatic carbocycles. The zero-order valence-corrected chi connectivity index (χ0v) is 26.8. The Morgan fingerprint density at radius 1 is 0.535 bits per heavy atom. The highest BCUT2D eigenvalue weighted by molar-refractivity contribution is 5.82. The van der Waals surface area contributed by atoms with Crippen LogP contribution >= 0.6 is 0 Å². The molecule has 0 radical (unpaired) electrons. The number of ether oxygens (including phenoxy) is 4. The molecule has 0 aromatic heterocycles. The van der Waals surface area contributed by atoms with Gasteiger partial charge in [0.15, 0.2) is 0 Å². The van der Waals surface area contributed by atoms with Crippen LogP contribution in [0.3, 0.4) is 0 Å². The molecule has 0 N–H and O–H groups in total. The zero-order chi connectivity index (χ0) is 31.2. The smallest absolute Gasteiger partial charge is 0.330 e. The van der Waals surface area contributed by atoms with Gasteiger partial charge in [0.1, 0.15) is 11.5 Å². The van der Waals surface area contributed by atoms with Gasteiger partial charge in [0.25, 0.3) is 0 Å². The summed E-state index contributed by atoms with van der Waals surface area (Å²) in [4.78, 5) is 22.5. The van der Waals surface area contributed by atoms with Crippen molar-refractivity contribution in [3.05, 3.63) is 84.0 Å². The summed E-state index contributed by atoms with van der Waals surface area (Å²) < 4.78 is 22.1. The van der Waals surface area contributed by atoms with Gasteiger partial charge in [-0.15, -0.1) is 0 Å². The SMILES string of the molecule is CC=CC(=O)OCCCCCCCOc1ccc(C(C)(C)c2ccc(OCCCCCCCOC(=O)C=CC)cc2)cc1. The molecule has 0 spiro atoms. The molecule has 0 saturated heterocycles. The largest absolute Gasteiger partial charge is 0.494 e. The first-order chi connectivity index (χ1) is 20.9. The van der Waals surface area contributed by atoms with Gasteiger partial charge in [-0.1, -0.05) is 88.8 Å². The summed E-state index contributed by atoms with van der Waals surface area (Å²) in [6.07, 6.45) is 16.6. The summed E-state index contributed by atoms with van der Waals surface area (Å²) >= 11 is 0. The lowest BCUT2D eigenvalue weighted by Crippen LogP contribution is -2.18. The van der Waals surface area contributed by atoms with Crippen LogP contribution in [0.25, 0.3) is 0 Å². The summed E-state index contributed by atoms with van der Waals surface area (Å²) in [5.74, 6) is 1.27. The first-order valence-corrected chi connectivity index (χ1v) is 15.9. The van der Waals surface area contributed by atoms with E-state index in [4.69, 9.17) is 18.9 Å². The summed E-state index contributed by atoms with van der Waals surface area (Å²) in [7, 11) is 0. The van der Waals surface area contributed by atoms with Gasteiger partial charge >= 0.3 is 11.9 Å². The number of carbonyl (C=O) groups is 2. The fourth-order valence-electron chi connectivity index (χ4n) is 4.67. The van der Waals surface area contributed by atoms with Gasteiger partial charge in [-0.05, 0) is 74.9 Å². The Balaban J connectivity index is 1.61. The standard InChI is InChI=1S/C37H52O6/c1-5-17-35(38)42-29-15-11-7-9-13-27-40-33-23-19-31(20-24-33)37(3,4)32-21-25-34(26-22-32)41-28-14-10-8-12-16-30-43-36(39)18-6-2/h5-6,17-26H,7-16,27-30H2,1-4H3. The molecule has 0 saturated carbocycles. The van der Waals surface area contributed by atoms with Gasteiger partial charge in [-0.2, -0.15) is 0 Å². The van der Waals surface area contributed by atoms with Crippen LogP contribution in [0.15, 0.2) is 72.8 Å². The summed E-state index contributed by atoms with van der Waals surface area (Å²) in [6, 6.07) is 16.9. The highest BCUT2D eigenvalue weighted by Gasteiger charge is 2.23. The minimum absolute atomic E-state index is 0.140. The highest BCUT2D eigenvalue weighted by Crippen LogP contribution is 2.33. The number of benzene rings is 2. The molecule has 0 fully saturated rings. The first kappa shape index (κ1) is 35.7. The molecule has 6 nitrogen and oxygen atoms in total. The normalized spacial score (nSPS) is 11.6. The molecular weight excluding hydrogens is 540 g/mol. The Kier molecular flexibility index (Phi) is 17.6. The van der Waals surface area contributed by atoms with Crippen LogP contribution in [0.2, 0.25) is 0 Å². The van der Waals surface area contributed by atoms with Crippen LogP contribution in [0.1, 0.15) is 103 Å². The average Bonchev–Trinajstić information content (AvgIpc) is 3.00. The molecule has 0 amide bonds. The van der Waals surface area contributed by atoms with E-state index in [1.54, 1.807) is 26.0 Å². The molecule has 0 aliphatic rings. The van der Waals surface area contributed by atoms with Gasteiger partial charge in [-0.3, -0.25) is 0 Å². The summed E-state index contributed by atoms with van der Waals surface area (Å²) in [6.45, 7) is 10.5. The van der Waals surface area contributed by atoms with Crippen molar-refractivity contribution in [1.82, 2.24) is 0 Å². The van der Waals surface area contributed by atoms with Gasteiger partial charge in [-0.25, -0.2) is 9.59 Å². The van der Waals surface area contributed by atoms with Crippen molar-refractivity contribution in [3.8, 4) is 11.5 Å². The highest BCUT2D eigenvalue weighted by atomic mass is 16.5. The second kappa shape index (κ2) is 21.2. The van der Waals surface area contributed by atoms with Crippen LogP contribution in [0.4, 0.5) is 0 Å². The van der Waals surface area contributed by atoms with Crippen molar-refractivity contribution < 1.29 is 28.5 Å². The van der Waals surface area contributed by atoms with E-state index < -0.39 is 0 Å². The van der Waals surface area contributed by atoms with E-state index in [1.165, 1.54) is 23.3 Å². The van der Waals surface area contributed by atoms with Gasteiger partial charge in [0.05, 0.1) is 26.4 Å². The Hall–Kier alpha value is -3.54. The maximum atomic E-state index is 11.3. The average molecular weight is 593 g/mol. The Morgan fingerprint density at radius 2 is 0.860 bits per heavy atom. The topological polar surface area (TPSA) is 71.1 Å². The minimum atomic E-state index is -0.262. The van der Waals surface area contributed by atoms with Crippen molar-refractivity contribution in [3.63, 3.8) is 0 Å². The van der Waals surface area contributed by atoms with Crippen molar-refractivity contribution in [2.45, 2.75) is 97.3 Å². The van der Waals surface area contributed by atoms with Crippen LogP contribution in [0.5, 0.6) is 11.5 Å². The van der Waals surface area contributed by atoms with Crippen LogP contribution in [-0.2, 0) is 24.5 Å². The molecule has 43 heavy (non-hydrogen) atoms. The van der Waals surface area contributed by atoms with Crippen LogP contribution < -0.4 is 9.47 Å². The molecule has 0 atom stereocenters. The third-order valence-corrected chi connectivity index (χ3v) is 7.36. The van der Waals surface area contributed by atoms with Gasteiger partial charge in [0.2, 0.25) is 0 Å². The lowest BCUT2D eigenvalue weighted by Gasteiger charge is -2.26. The minimum Gasteiger partial charge on any atom is -0.494 e. The maximum absolute atomic E-state index is 11.3. The number of esters is 2. The fourth-order valence-corrected chi connectivity index (χ4v) is 4.67.